The van der Waals surface area contributed by atoms with Gasteiger partial charge in [-0.05, 0) is 36.6 Å². The van der Waals surface area contributed by atoms with Gasteiger partial charge in [0, 0.05) is 24.7 Å². The quantitative estimate of drug-likeness (QED) is 0.313. The van der Waals surface area contributed by atoms with Gasteiger partial charge in [-0.15, -0.1) is 0 Å². The van der Waals surface area contributed by atoms with Crippen LogP contribution in [0.5, 0.6) is 23.0 Å². The lowest BCUT2D eigenvalue weighted by atomic mass is 9.96. The van der Waals surface area contributed by atoms with Crippen LogP contribution in [0.25, 0.3) is 0 Å². The van der Waals surface area contributed by atoms with Crippen molar-refractivity contribution in [1.82, 2.24) is 15.0 Å². The first kappa shape index (κ1) is 26.1. The summed E-state index contributed by atoms with van der Waals surface area (Å²) in [5.74, 6) is 4.21. The summed E-state index contributed by atoms with van der Waals surface area (Å²) in [6, 6.07) is 11.9. The Balaban J connectivity index is 1.53. The fourth-order valence-electron chi connectivity index (χ4n) is 4.47. The van der Waals surface area contributed by atoms with Crippen LogP contribution in [0.4, 0.5) is 17.8 Å². The minimum Gasteiger partial charge on any atom is -0.493 e. The molecule has 1 fully saturated rings. The van der Waals surface area contributed by atoms with Crippen molar-refractivity contribution >= 4 is 17.8 Å². The average molecular weight is 509 g/mol. The minimum absolute atomic E-state index is 0.362. The Kier molecular flexibility index (Phi) is 9.07. The summed E-state index contributed by atoms with van der Waals surface area (Å²) in [5, 5.41) is 10.2. The highest BCUT2D eigenvalue weighted by Crippen LogP contribution is 2.31. The predicted molar refractivity (Wildman–Crippen MR) is 144 cm³/mol. The number of methoxy groups -OCH3 is 4. The van der Waals surface area contributed by atoms with E-state index >= 15 is 0 Å². The SMILES string of the molecule is COc1ccc(CNc2nc(NCc3cccc(OC)c3OC)nc(NC3CCCCC3)n2)cc1OC. The lowest BCUT2D eigenvalue weighted by Gasteiger charge is -2.23. The van der Waals surface area contributed by atoms with Crippen LogP contribution in [0.1, 0.15) is 43.2 Å². The molecule has 0 bridgehead atoms. The molecule has 0 unspecified atom stereocenters. The molecule has 0 radical (unpaired) electrons. The molecule has 0 amide bonds. The van der Waals surface area contributed by atoms with Crippen LogP contribution in [0.3, 0.4) is 0 Å². The number of hydrogen-bond donors (Lipinski definition) is 3. The minimum atomic E-state index is 0.362. The van der Waals surface area contributed by atoms with E-state index in [1.807, 2.05) is 36.4 Å². The molecule has 37 heavy (non-hydrogen) atoms. The first-order valence-electron chi connectivity index (χ1n) is 12.5. The molecule has 4 rings (SSSR count). The van der Waals surface area contributed by atoms with E-state index in [1.54, 1.807) is 28.4 Å². The predicted octanol–water partition coefficient (Wildman–Crippen LogP) is 4.87. The Labute approximate surface area is 218 Å². The van der Waals surface area contributed by atoms with Gasteiger partial charge in [0.05, 0.1) is 28.4 Å². The first-order chi connectivity index (χ1) is 18.1. The third-order valence-corrected chi connectivity index (χ3v) is 6.39. The molecule has 3 aromatic rings. The second-order valence-electron chi connectivity index (χ2n) is 8.83. The van der Waals surface area contributed by atoms with E-state index in [0.29, 0.717) is 60.0 Å². The Hall–Kier alpha value is -3.95. The summed E-state index contributed by atoms with van der Waals surface area (Å²) in [7, 11) is 6.50. The molecular formula is C27H36N6O4. The van der Waals surface area contributed by atoms with Crippen LogP contribution in [0.15, 0.2) is 36.4 Å². The number of para-hydroxylation sites is 1. The highest BCUT2D eigenvalue weighted by atomic mass is 16.5. The summed E-state index contributed by atoms with van der Waals surface area (Å²) >= 11 is 0. The molecule has 1 aliphatic carbocycles. The van der Waals surface area contributed by atoms with E-state index in [0.717, 1.165) is 24.0 Å². The largest absolute Gasteiger partial charge is 0.493 e. The van der Waals surface area contributed by atoms with Gasteiger partial charge in [0.2, 0.25) is 17.8 Å². The molecule has 2 aromatic carbocycles. The Morgan fingerprint density at radius 3 is 2.05 bits per heavy atom. The summed E-state index contributed by atoms with van der Waals surface area (Å²) in [6.45, 7) is 0.971. The molecule has 198 valence electrons. The maximum Gasteiger partial charge on any atom is 0.229 e. The Bertz CT molecular complexity index is 1170. The molecule has 1 aromatic heterocycles. The van der Waals surface area contributed by atoms with Crippen LogP contribution in [-0.4, -0.2) is 49.4 Å². The number of hydrogen-bond acceptors (Lipinski definition) is 10. The molecule has 3 N–H and O–H groups in total. The molecule has 1 heterocycles. The molecule has 0 atom stereocenters. The molecular weight excluding hydrogens is 472 g/mol. The number of benzene rings is 2. The lowest BCUT2D eigenvalue weighted by molar-refractivity contribution is 0.352. The van der Waals surface area contributed by atoms with Gasteiger partial charge in [0.1, 0.15) is 0 Å². The van der Waals surface area contributed by atoms with Gasteiger partial charge in [0.25, 0.3) is 0 Å². The highest BCUT2D eigenvalue weighted by molar-refractivity contribution is 5.49. The Morgan fingerprint density at radius 1 is 0.703 bits per heavy atom. The average Bonchev–Trinajstić information content (AvgIpc) is 2.94. The third-order valence-electron chi connectivity index (χ3n) is 6.39. The van der Waals surface area contributed by atoms with Crippen LogP contribution in [-0.2, 0) is 13.1 Å². The molecule has 0 spiro atoms. The number of nitrogens with one attached hydrogen (secondary N) is 3. The fraction of sp³-hybridized carbons (Fsp3) is 0.444. The van der Waals surface area contributed by atoms with Crippen LogP contribution >= 0.6 is 0 Å². The number of ether oxygens (including phenoxy) is 4. The van der Waals surface area contributed by atoms with Gasteiger partial charge < -0.3 is 34.9 Å². The third kappa shape index (κ3) is 6.84. The summed E-state index contributed by atoms with van der Waals surface area (Å²) in [4.78, 5) is 13.9. The first-order valence-corrected chi connectivity index (χ1v) is 12.5. The van der Waals surface area contributed by atoms with Gasteiger partial charge in [-0.3, -0.25) is 0 Å². The van der Waals surface area contributed by atoms with Crippen molar-refractivity contribution in [3.63, 3.8) is 0 Å². The molecule has 0 aliphatic heterocycles. The molecule has 10 nitrogen and oxygen atoms in total. The second kappa shape index (κ2) is 12.8. The van der Waals surface area contributed by atoms with Crippen LogP contribution in [0, 0.1) is 0 Å². The molecule has 1 saturated carbocycles. The van der Waals surface area contributed by atoms with Crippen molar-refractivity contribution in [3.05, 3.63) is 47.5 Å². The summed E-state index contributed by atoms with van der Waals surface area (Å²) in [5.41, 5.74) is 1.94. The van der Waals surface area contributed by atoms with Gasteiger partial charge in [-0.1, -0.05) is 37.5 Å². The van der Waals surface area contributed by atoms with Crippen molar-refractivity contribution < 1.29 is 18.9 Å². The van der Waals surface area contributed by atoms with E-state index in [4.69, 9.17) is 18.9 Å². The lowest BCUT2D eigenvalue weighted by Crippen LogP contribution is -2.24. The van der Waals surface area contributed by atoms with Crippen molar-refractivity contribution in [2.24, 2.45) is 0 Å². The molecule has 10 heteroatoms. The van der Waals surface area contributed by atoms with Crippen LogP contribution in [0.2, 0.25) is 0 Å². The zero-order chi connectivity index (χ0) is 26.0. The zero-order valence-corrected chi connectivity index (χ0v) is 22.0. The smallest absolute Gasteiger partial charge is 0.229 e. The van der Waals surface area contributed by atoms with E-state index in [9.17, 15) is 0 Å². The van der Waals surface area contributed by atoms with E-state index in [2.05, 4.69) is 30.9 Å². The van der Waals surface area contributed by atoms with Crippen molar-refractivity contribution in [3.8, 4) is 23.0 Å². The number of nitrogens with zero attached hydrogens (tertiary/aromatic N) is 3. The Morgan fingerprint density at radius 2 is 1.38 bits per heavy atom. The molecule has 1 aliphatic rings. The topological polar surface area (TPSA) is 112 Å². The molecule has 0 saturated heterocycles. The zero-order valence-electron chi connectivity index (χ0n) is 22.0. The summed E-state index contributed by atoms with van der Waals surface area (Å²) in [6.07, 6.45) is 5.94. The number of anilines is 3. The fourth-order valence-corrected chi connectivity index (χ4v) is 4.47. The van der Waals surface area contributed by atoms with Crippen molar-refractivity contribution in [1.29, 1.82) is 0 Å². The van der Waals surface area contributed by atoms with Crippen LogP contribution < -0.4 is 34.9 Å². The highest BCUT2D eigenvalue weighted by Gasteiger charge is 2.16. The van der Waals surface area contributed by atoms with Gasteiger partial charge in [-0.25, -0.2) is 0 Å². The monoisotopic (exact) mass is 508 g/mol. The summed E-state index contributed by atoms with van der Waals surface area (Å²) < 4.78 is 21.8. The number of aromatic nitrogens is 3. The standard InChI is InChI=1S/C27H36N6O4/c1-34-21-14-13-18(15-23(21)36-3)16-28-25-31-26(33-27(32-25)30-20-10-6-5-7-11-20)29-17-19-9-8-12-22(35-2)24(19)37-4/h8-9,12-15,20H,5-7,10-11,16-17H2,1-4H3,(H3,28,29,30,31,32,33). The van der Waals surface area contributed by atoms with Gasteiger partial charge >= 0.3 is 0 Å². The maximum absolute atomic E-state index is 5.56. The van der Waals surface area contributed by atoms with Gasteiger partial charge in [0.15, 0.2) is 23.0 Å². The normalized spacial score (nSPS) is 13.5. The maximum atomic E-state index is 5.56. The van der Waals surface area contributed by atoms with E-state index in [1.165, 1.54) is 19.3 Å². The number of rotatable bonds is 12. The van der Waals surface area contributed by atoms with Crippen molar-refractivity contribution in [2.45, 2.75) is 51.2 Å². The van der Waals surface area contributed by atoms with Crippen molar-refractivity contribution in [2.75, 3.05) is 44.4 Å². The van der Waals surface area contributed by atoms with E-state index < -0.39 is 0 Å². The second-order valence-corrected chi connectivity index (χ2v) is 8.83. The van der Waals surface area contributed by atoms with Gasteiger partial charge in [-0.2, -0.15) is 15.0 Å². The van der Waals surface area contributed by atoms with E-state index in [-0.39, 0.29) is 0 Å².